The molecule has 0 aromatic carbocycles. The van der Waals surface area contributed by atoms with Gasteiger partial charge in [-0.05, 0) is 6.42 Å². The summed E-state index contributed by atoms with van der Waals surface area (Å²) in [6.45, 7) is 2.98. The first-order valence-corrected chi connectivity index (χ1v) is 12.1. The lowest BCUT2D eigenvalue weighted by molar-refractivity contribution is 0.293. The van der Waals surface area contributed by atoms with E-state index in [1.165, 1.54) is 121 Å². The van der Waals surface area contributed by atoms with Gasteiger partial charge >= 0.3 is 0 Å². The Balaban J connectivity index is 1.71. The minimum atomic E-state index is -0.00782. The third-order valence-electron chi connectivity index (χ3n) is 5.50. The van der Waals surface area contributed by atoms with Gasteiger partial charge < -0.3 is 9.72 Å². The lowest BCUT2D eigenvalue weighted by Crippen LogP contribution is -2.03. The van der Waals surface area contributed by atoms with Crippen LogP contribution in [-0.2, 0) is 0 Å². The molecule has 0 radical (unpaired) electrons. The van der Waals surface area contributed by atoms with E-state index in [0.717, 1.165) is 6.42 Å². The quantitative estimate of drug-likeness (QED) is 0.230. The van der Waals surface area contributed by atoms with Crippen LogP contribution in [0.25, 0.3) is 0 Å². The molecule has 1 aromatic heterocycles. The van der Waals surface area contributed by atoms with Gasteiger partial charge in [-0.15, -0.1) is 0 Å². The van der Waals surface area contributed by atoms with Crippen molar-refractivity contribution in [3.63, 3.8) is 0 Å². The molecule has 3 heteroatoms. The Morgan fingerprint density at radius 2 is 1.11 bits per heavy atom. The summed E-state index contributed by atoms with van der Waals surface area (Å²) in [5.41, 5.74) is -0.00782. The van der Waals surface area contributed by atoms with Crippen molar-refractivity contribution >= 4 is 0 Å². The van der Waals surface area contributed by atoms with Crippen LogP contribution in [-0.4, -0.2) is 11.6 Å². The number of pyridine rings is 1. The van der Waals surface area contributed by atoms with Gasteiger partial charge in [0.25, 0.3) is 0 Å². The maximum absolute atomic E-state index is 11.2. The first-order chi connectivity index (χ1) is 13.8. The predicted molar refractivity (Wildman–Crippen MR) is 121 cm³/mol. The molecule has 0 spiro atoms. The molecule has 1 N–H and O–H groups in total. The van der Waals surface area contributed by atoms with Crippen LogP contribution in [0.2, 0.25) is 0 Å². The number of nitrogens with one attached hydrogen (secondary N) is 1. The summed E-state index contributed by atoms with van der Waals surface area (Å²) in [5, 5.41) is 0. The molecule has 162 valence electrons. The van der Waals surface area contributed by atoms with Gasteiger partial charge in [-0.3, -0.25) is 4.79 Å². The van der Waals surface area contributed by atoms with Crippen molar-refractivity contribution in [2.45, 2.75) is 122 Å². The van der Waals surface area contributed by atoms with E-state index in [2.05, 4.69) is 11.9 Å². The van der Waals surface area contributed by atoms with Gasteiger partial charge in [-0.1, -0.05) is 116 Å². The molecule has 0 fully saturated rings. The van der Waals surface area contributed by atoms with E-state index in [4.69, 9.17) is 4.74 Å². The molecular weight excluding hydrogens is 346 g/mol. The molecule has 28 heavy (non-hydrogen) atoms. The van der Waals surface area contributed by atoms with Crippen LogP contribution in [0, 0.1) is 0 Å². The molecule has 1 rings (SSSR count). The molecule has 1 heterocycles. The normalized spacial score (nSPS) is 11.0. The molecule has 0 bridgehead atoms. The molecule has 0 aliphatic carbocycles. The molecule has 0 amide bonds. The number of unbranched alkanes of at least 4 members (excludes halogenated alkanes) is 17. The fourth-order valence-electron chi connectivity index (χ4n) is 3.69. The van der Waals surface area contributed by atoms with Gasteiger partial charge in [0.15, 0.2) is 11.3 Å². The van der Waals surface area contributed by atoms with Gasteiger partial charge in [0.2, 0.25) is 0 Å². The van der Waals surface area contributed by atoms with E-state index in [-0.39, 0.29) is 5.43 Å². The van der Waals surface area contributed by atoms with Gasteiger partial charge in [0.1, 0.15) is 0 Å². The van der Waals surface area contributed by atoms with E-state index >= 15 is 0 Å². The summed E-state index contributed by atoms with van der Waals surface area (Å²) in [5.74, 6) is 0.583. The highest BCUT2D eigenvalue weighted by Gasteiger charge is 1.97. The average Bonchev–Trinajstić information content (AvgIpc) is 2.70. The molecule has 1 aromatic rings. The van der Waals surface area contributed by atoms with E-state index in [0.29, 0.717) is 12.5 Å². The van der Waals surface area contributed by atoms with Crippen molar-refractivity contribution in [3.8, 4) is 5.88 Å². The Hall–Kier alpha value is -1.25. The fraction of sp³-hybridized carbons (Fsp3) is 0.800. The maximum Gasteiger partial charge on any atom is 0.194 e. The molecule has 0 unspecified atom stereocenters. The second-order valence-corrected chi connectivity index (χ2v) is 8.25. The summed E-state index contributed by atoms with van der Waals surface area (Å²) in [4.78, 5) is 14.1. The Labute approximate surface area is 173 Å². The highest BCUT2D eigenvalue weighted by molar-refractivity contribution is 5.09. The summed E-state index contributed by atoms with van der Waals surface area (Å²) in [7, 11) is 0. The molecular formula is C25H45NO2. The lowest BCUT2D eigenvalue weighted by atomic mass is 10.0. The molecule has 0 saturated carbocycles. The summed E-state index contributed by atoms with van der Waals surface area (Å²) in [6, 6.07) is 3.01. The number of ether oxygens (including phenoxy) is 1. The van der Waals surface area contributed by atoms with E-state index in [1.54, 1.807) is 6.20 Å². The maximum atomic E-state index is 11.2. The van der Waals surface area contributed by atoms with Gasteiger partial charge in [-0.2, -0.15) is 0 Å². The molecule has 0 aliphatic heterocycles. The molecule has 3 nitrogen and oxygen atoms in total. The second-order valence-electron chi connectivity index (χ2n) is 8.25. The first-order valence-electron chi connectivity index (χ1n) is 12.1. The SMILES string of the molecule is CCCCCCCCCCCCCCCCCCCCOc1cc(=O)cc[nH]1. The van der Waals surface area contributed by atoms with Crippen molar-refractivity contribution < 1.29 is 4.74 Å². The topological polar surface area (TPSA) is 42.1 Å². The predicted octanol–water partition coefficient (Wildman–Crippen LogP) is 7.80. The van der Waals surface area contributed by atoms with Crippen LogP contribution < -0.4 is 10.2 Å². The number of hydrogen-bond donors (Lipinski definition) is 1. The van der Waals surface area contributed by atoms with Crippen LogP contribution in [0.5, 0.6) is 5.88 Å². The van der Waals surface area contributed by atoms with Crippen LogP contribution in [0.4, 0.5) is 0 Å². The Bertz CT molecular complexity index is 497. The highest BCUT2D eigenvalue weighted by Crippen LogP contribution is 2.14. The smallest absolute Gasteiger partial charge is 0.194 e. The van der Waals surface area contributed by atoms with Crippen LogP contribution in [0.3, 0.4) is 0 Å². The van der Waals surface area contributed by atoms with Gasteiger partial charge in [0, 0.05) is 18.3 Å². The Morgan fingerprint density at radius 1 is 0.679 bits per heavy atom. The molecule has 0 aliphatic rings. The molecule has 0 saturated heterocycles. The summed E-state index contributed by atoms with van der Waals surface area (Å²) >= 11 is 0. The Morgan fingerprint density at radius 3 is 1.54 bits per heavy atom. The highest BCUT2D eigenvalue weighted by atomic mass is 16.5. The fourth-order valence-corrected chi connectivity index (χ4v) is 3.69. The summed E-state index contributed by atoms with van der Waals surface area (Å²) in [6.07, 6.45) is 26.6. The van der Waals surface area contributed by atoms with Crippen molar-refractivity contribution in [3.05, 3.63) is 28.6 Å². The number of aromatic amines is 1. The zero-order valence-corrected chi connectivity index (χ0v) is 18.5. The van der Waals surface area contributed by atoms with Crippen LogP contribution in [0.1, 0.15) is 122 Å². The third-order valence-corrected chi connectivity index (χ3v) is 5.50. The van der Waals surface area contributed by atoms with Crippen molar-refractivity contribution in [2.24, 2.45) is 0 Å². The first kappa shape index (κ1) is 24.8. The van der Waals surface area contributed by atoms with Crippen LogP contribution in [0.15, 0.2) is 23.1 Å². The van der Waals surface area contributed by atoms with Gasteiger partial charge in [-0.25, -0.2) is 0 Å². The number of aromatic nitrogens is 1. The minimum absolute atomic E-state index is 0.00782. The Kier molecular flexibility index (Phi) is 16.9. The minimum Gasteiger partial charge on any atom is -0.479 e. The zero-order chi connectivity index (χ0) is 20.1. The standard InChI is InChI=1S/C25H45NO2/c1-2-3-4-5-6-7-8-9-10-11-12-13-14-15-16-17-18-19-22-28-25-23-24(27)20-21-26-25/h20-21,23H,2-19,22H2,1H3,(H,26,27). The van der Waals surface area contributed by atoms with Gasteiger partial charge in [0.05, 0.1) is 6.61 Å². The van der Waals surface area contributed by atoms with Crippen molar-refractivity contribution in [2.75, 3.05) is 6.61 Å². The number of H-pyrrole nitrogens is 1. The van der Waals surface area contributed by atoms with E-state index in [9.17, 15) is 4.79 Å². The van der Waals surface area contributed by atoms with E-state index in [1.807, 2.05) is 0 Å². The number of hydrogen-bond acceptors (Lipinski definition) is 2. The average molecular weight is 392 g/mol. The lowest BCUT2D eigenvalue weighted by Gasteiger charge is -2.05. The van der Waals surface area contributed by atoms with E-state index < -0.39 is 0 Å². The summed E-state index contributed by atoms with van der Waals surface area (Å²) < 4.78 is 5.56. The van der Waals surface area contributed by atoms with Crippen LogP contribution >= 0.6 is 0 Å². The third kappa shape index (κ3) is 15.8. The monoisotopic (exact) mass is 391 g/mol. The van der Waals surface area contributed by atoms with Crippen molar-refractivity contribution in [1.29, 1.82) is 0 Å². The molecule has 0 atom stereocenters. The largest absolute Gasteiger partial charge is 0.479 e. The second kappa shape index (κ2) is 19.1. The number of rotatable bonds is 20. The zero-order valence-electron chi connectivity index (χ0n) is 18.5. The van der Waals surface area contributed by atoms with Crippen molar-refractivity contribution in [1.82, 2.24) is 4.98 Å².